The fourth-order valence-corrected chi connectivity index (χ4v) is 8.75. The number of allylic oxidation sites excluding steroid dienone is 15. The van der Waals surface area contributed by atoms with E-state index in [2.05, 4.69) is 109 Å². The molecule has 41 heavy (non-hydrogen) atoms. The Morgan fingerprint density at radius 2 is 1.63 bits per heavy atom. The maximum Gasteiger partial charge on any atom is 0.128 e. The zero-order chi connectivity index (χ0) is 26.7. The number of benzene rings is 3. The molecule has 0 saturated carbocycles. The number of hydrogen-bond acceptors (Lipinski definition) is 1. The minimum atomic E-state index is 0.225. The van der Waals surface area contributed by atoms with Crippen LogP contribution in [-0.2, 0) is 6.42 Å². The van der Waals surface area contributed by atoms with Gasteiger partial charge < -0.3 is 4.74 Å². The van der Waals surface area contributed by atoms with Crippen LogP contribution in [0.1, 0.15) is 46.6 Å². The number of rotatable bonds is 1. The molecule has 1 heteroatoms. The Balaban J connectivity index is 1.36. The van der Waals surface area contributed by atoms with Crippen LogP contribution in [0.3, 0.4) is 0 Å². The molecule has 0 fully saturated rings. The van der Waals surface area contributed by atoms with E-state index in [9.17, 15) is 0 Å². The van der Waals surface area contributed by atoms with Gasteiger partial charge >= 0.3 is 0 Å². The molecule has 0 spiro atoms. The lowest BCUT2D eigenvalue weighted by Crippen LogP contribution is -2.27. The Labute approximate surface area is 240 Å². The van der Waals surface area contributed by atoms with E-state index in [0.717, 1.165) is 25.0 Å². The normalized spacial score (nSPS) is 24.1. The maximum absolute atomic E-state index is 6.22. The van der Waals surface area contributed by atoms with Crippen LogP contribution in [0.5, 0.6) is 5.75 Å². The van der Waals surface area contributed by atoms with Gasteiger partial charge in [-0.05, 0) is 104 Å². The van der Waals surface area contributed by atoms with E-state index in [0.29, 0.717) is 6.61 Å². The van der Waals surface area contributed by atoms with Crippen molar-refractivity contribution in [3.63, 3.8) is 0 Å². The van der Waals surface area contributed by atoms with Crippen molar-refractivity contribution in [3.05, 3.63) is 176 Å². The molecule has 10 rings (SSSR count). The molecule has 194 valence electrons. The Hall–Kier alpha value is -4.62. The van der Waals surface area contributed by atoms with Crippen LogP contribution in [0.2, 0.25) is 0 Å². The molecule has 3 aromatic carbocycles. The van der Waals surface area contributed by atoms with E-state index in [-0.39, 0.29) is 11.8 Å². The lowest BCUT2D eigenvalue weighted by atomic mass is 9.60. The highest BCUT2D eigenvalue weighted by Gasteiger charge is 2.49. The monoisotopic (exact) mass is 524 g/mol. The molecule has 1 nitrogen and oxygen atoms in total. The fraction of sp³-hybridized carbons (Fsp3) is 0.150. The Morgan fingerprint density at radius 3 is 2.59 bits per heavy atom. The molecule has 0 saturated heterocycles. The minimum Gasteiger partial charge on any atom is -0.489 e. The van der Waals surface area contributed by atoms with Crippen LogP contribution in [0.15, 0.2) is 148 Å². The van der Waals surface area contributed by atoms with E-state index in [1.807, 2.05) is 0 Å². The molecule has 0 N–H and O–H groups in total. The van der Waals surface area contributed by atoms with Gasteiger partial charge in [0.05, 0.1) is 0 Å². The van der Waals surface area contributed by atoms with Gasteiger partial charge in [-0.1, -0.05) is 103 Å². The van der Waals surface area contributed by atoms with Gasteiger partial charge in [-0.2, -0.15) is 0 Å². The van der Waals surface area contributed by atoms with E-state index < -0.39 is 0 Å². The molecule has 2 unspecified atom stereocenters. The summed E-state index contributed by atoms with van der Waals surface area (Å²) in [5.41, 5.74) is 21.9. The SMILES string of the molecule is C1=CC(c2ccccc2)C2=C3C4=C(C5=CCOc6cccc4c65)C4=C(CCC=C4)C3C3=C(Cc4ccccc43)C2=C1. The zero-order valence-corrected chi connectivity index (χ0v) is 22.8. The molecule has 1 heterocycles. The second-order valence-corrected chi connectivity index (χ2v) is 12.1. The summed E-state index contributed by atoms with van der Waals surface area (Å²) in [7, 11) is 0. The highest BCUT2D eigenvalue weighted by atomic mass is 16.5. The first kappa shape index (κ1) is 22.1. The number of hydrogen-bond donors (Lipinski definition) is 0. The van der Waals surface area contributed by atoms with Crippen molar-refractivity contribution < 1.29 is 4.74 Å². The number of ether oxygens (including phenoxy) is 1. The quantitative estimate of drug-likeness (QED) is 0.308. The summed E-state index contributed by atoms with van der Waals surface area (Å²) < 4.78 is 6.22. The smallest absolute Gasteiger partial charge is 0.128 e. The predicted octanol–water partition coefficient (Wildman–Crippen LogP) is 9.11. The summed E-state index contributed by atoms with van der Waals surface area (Å²) in [4.78, 5) is 0. The minimum absolute atomic E-state index is 0.225. The molecular formula is C40H28O. The van der Waals surface area contributed by atoms with Crippen molar-refractivity contribution >= 4 is 16.7 Å². The van der Waals surface area contributed by atoms with Crippen LogP contribution in [0.4, 0.5) is 0 Å². The van der Waals surface area contributed by atoms with E-state index in [4.69, 9.17) is 4.74 Å². The topological polar surface area (TPSA) is 9.23 Å². The summed E-state index contributed by atoms with van der Waals surface area (Å²) in [5.74, 6) is 1.52. The predicted molar refractivity (Wildman–Crippen MR) is 166 cm³/mol. The third-order valence-corrected chi connectivity index (χ3v) is 10.2. The van der Waals surface area contributed by atoms with Gasteiger partial charge in [0, 0.05) is 17.4 Å². The average Bonchev–Trinajstić information content (AvgIpc) is 3.59. The Bertz CT molecular complexity index is 2000. The van der Waals surface area contributed by atoms with E-state index in [1.54, 1.807) is 16.7 Å². The third kappa shape index (κ3) is 2.77. The summed E-state index contributed by atoms with van der Waals surface area (Å²) >= 11 is 0. The largest absolute Gasteiger partial charge is 0.489 e. The zero-order valence-electron chi connectivity index (χ0n) is 22.8. The highest BCUT2D eigenvalue weighted by Crippen LogP contribution is 2.65. The van der Waals surface area contributed by atoms with Crippen molar-refractivity contribution in [2.24, 2.45) is 5.92 Å². The standard InChI is InChI=1S/C40H28O/c1-2-10-23(11-3-1)25-16-8-17-29-32-22-24-12-4-5-13-26(24)36(32)38-28-15-7-6-14-27(28)37-31-20-21-41-33-19-9-18-30(34(31)33)39(37)40(38)35(25)29/h1-6,8-14,16-20,25,38H,7,15,21-22H2. The molecular weight excluding hydrogens is 496 g/mol. The van der Waals surface area contributed by atoms with Gasteiger partial charge in [0.1, 0.15) is 12.4 Å². The molecule has 1 aliphatic heterocycles. The summed E-state index contributed by atoms with van der Waals surface area (Å²) in [6.07, 6.45) is 17.6. The van der Waals surface area contributed by atoms with Crippen LogP contribution in [0.25, 0.3) is 16.7 Å². The summed E-state index contributed by atoms with van der Waals surface area (Å²) in [6.45, 7) is 0.632. The fourth-order valence-electron chi connectivity index (χ4n) is 8.75. The lowest BCUT2D eigenvalue weighted by Gasteiger charge is -2.42. The van der Waals surface area contributed by atoms with Crippen molar-refractivity contribution in [1.82, 2.24) is 0 Å². The molecule has 3 aromatic rings. The van der Waals surface area contributed by atoms with Crippen molar-refractivity contribution in [2.45, 2.75) is 25.2 Å². The maximum atomic E-state index is 6.22. The summed E-state index contributed by atoms with van der Waals surface area (Å²) in [6, 6.07) is 27.0. The van der Waals surface area contributed by atoms with Gasteiger partial charge in [0.2, 0.25) is 0 Å². The van der Waals surface area contributed by atoms with E-state index >= 15 is 0 Å². The van der Waals surface area contributed by atoms with Crippen LogP contribution >= 0.6 is 0 Å². The molecule has 6 aliphatic carbocycles. The third-order valence-electron chi connectivity index (χ3n) is 10.2. The van der Waals surface area contributed by atoms with Gasteiger partial charge in [0.15, 0.2) is 0 Å². The van der Waals surface area contributed by atoms with Crippen molar-refractivity contribution in [3.8, 4) is 5.75 Å². The molecule has 0 radical (unpaired) electrons. The van der Waals surface area contributed by atoms with Crippen LogP contribution in [0, 0.1) is 5.92 Å². The van der Waals surface area contributed by atoms with Gasteiger partial charge in [-0.25, -0.2) is 0 Å². The second kappa shape index (κ2) is 7.98. The Morgan fingerprint density at radius 1 is 0.756 bits per heavy atom. The number of fused-ring (bicyclic) bond motifs is 11. The second-order valence-electron chi connectivity index (χ2n) is 12.1. The first-order chi connectivity index (χ1) is 20.4. The van der Waals surface area contributed by atoms with Crippen molar-refractivity contribution in [2.75, 3.05) is 6.61 Å². The summed E-state index contributed by atoms with van der Waals surface area (Å²) in [5, 5.41) is 0. The van der Waals surface area contributed by atoms with Gasteiger partial charge in [0.25, 0.3) is 0 Å². The molecule has 0 amide bonds. The van der Waals surface area contributed by atoms with Crippen LogP contribution < -0.4 is 4.74 Å². The van der Waals surface area contributed by atoms with Gasteiger partial charge in [-0.3, -0.25) is 0 Å². The van der Waals surface area contributed by atoms with Crippen molar-refractivity contribution in [1.29, 1.82) is 0 Å². The first-order valence-corrected chi connectivity index (χ1v) is 15.0. The highest BCUT2D eigenvalue weighted by molar-refractivity contribution is 6.14. The van der Waals surface area contributed by atoms with E-state index in [1.165, 1.54) is 66.8 Å². The van der Waals surface area contributed by atoms with Crippen LogP contribution in [-0.4, -0.2) is 6.61 Å². The van der Waals surface area contributed by atoms with Gasteiger partial charge in [-0.15, -0.1) is 0 Å². The first-order valence-electron chi connectivity index (χ1n) is 15.0. The average molecular weight is 525 g/mol. The molecule has 7 aliphatic rings. The molecule has 0 bridgehead atoms. The molecule has 2 atom stereocenters. The Kier molecular flexibility index (Phi) is 4.31. The lowest BCUT2D eigenvalue weighted by molar-refractivity contribution is 0.357. The molecule has 0 aromatic heterocycles.